The molecule has 1 aliphatic rings. The maximum absolute atomic E-state index is 12.5. The van der Waals surface area contributed by atoms with Crippen LogP contribution < -0.4 is 0 Å². The zero-order chi connectivity index (χ0) is 15.6. The third-order valence-electron chi connectivity index (χ3n) is 3.76. The lowest BCUT2D eigenvalue weighted by Crippen LogP contribution is -2.51. The van der Waals surface area contributed by atoms with Crippen molar-refractivity contribution >= 4 is 15.9 Å². The van der Waals surface area contributed by atoms with E-state index in [4.69, 9.17) is 0 Å². The molecule has 0 unspecified atom stereocenters. The topological polar surface area (TPSA) is 73.5 Å². The SMILES string of the molecule is CCCS(=O)(=O)N1CCN(C(=O)c2cc(C)[nH]c2C)CC1. The summed E-state index contributed by atoms with van der Waals surface area (Å²) in [4.78, 5) is 17.3. The largest absolute Gasteiger partial charge is 0.362 e. The molecular formula is C14H23N3O3S. The van der Waals surface area contributed by atoms with Crippen molar-refractivity contribution in [3.8, 4) is 0 Å². The van der Waals surface area contributed by atoms with Crippen LogP contribution >= 0.6 is 0 Å². The Morgan fingerprint density at radius 1 is 1.24 bits per heavy atom. The molecule has 1 aliphatic heterocycles. The van der Waals surface area contributed by atoms with E-state index in [2.05, 4.69) is 4.98 Å². The van der Waals surface area contributed by atoms with Gasteiger partial charge in [0.05, 0.1) is 11.3 Å². The van der Waals surface area contributed by atoms with Gasteiger partial charge in [-0.3, -0.25) is 4.79 Å². The summed E-state index contributed by atoms with van der Waals surface area (Å²) >= 11 is 0. The van der Waals surface area contributed by atoms with Gasteiger partial charge in [-0.25, -0.2) is 8.42 Å². The zero-order valence-corrected chi connectivity index (χ0v) is 13.7. The van der Waals surface area contributed by atoms with Crippen molar-refractivity contribution in [2.24, 2.45) is 0 Å². The molecule has 0 radical (unpaired) electrons. The van der Waals surface area contributed by atoms with Crippen LogP contribution in [0.15, 0.2) is 6.07 Å². The molecule has 1 fully saturated rings. The van der Waals surface area contributed by atoms with E-state index in [0.29, 0.717) is 38.2 Å². The number of rotatable bonds is 4. The lowest BCUT2D eigenvalue weighted by molar-refractivity contribution is 0.0697. The number of H-pyrrole nitrogens is 1. The summed E-state index contributed by atoms with van der Waals surface area (Å²) in [6.07, 6.45) is 0.614. The van der Waals surface area contributed by atoms with E-state index in [1.807, 2.05) is 26.8 Å². The third-order valence-corrected chi connectivity index (χ3v) is 5.84. The average Bonchev–Trinajstić information content (AvgIpc) is 2.77. The number of amides is 1. The molecule has 1 aromatic rings. The van der Waals surface area contributed by atoms with Gasteiger partial charge in [-0.2, -0.15) is 4.31 Å². The zero-order valence-electron chi connectivity index (χ0n) is 12.8. The van der Waals surface area contributed by atoms with Gasteiger partial charge >= 0.3 is 0 Å². The van der Waals surface area contributed by atoms with E-state index in [-0.39, 0.29) is 11.7 Å². The number of hydrogen-bond acceptors (Lipinski definition) is 3. The van der Waals surface area contributed by atoms with Crippen molar-refractivity contribution in [1.82, 2.24) is 14.2 Å². The highest BCUT2D eigenvalue weighted by atomic mass is 32.2. The second-order valence-electron chi connectivity index (χ2n) is 5.50. The van der Waals surface area contributed by atoms with Crippen LogP contribution in [0.5, 0.6) is 0 Å². The molecule has 7 heteroatoms. The molecule has 1 saturated heterocycles. The molecule has 0 saturated carbocycles. The highest BCUT2D eigenvalue weighted by Gasteiger charge is 2.29. The molecule has 0 aliphatic carbocycles. The fourth-order valence-electron chi connectivity index (χ4n) is 2.67. The minimum atomic E-state index is -3.16. The first-order chi connectivity index (χ1) is 9.85. The van der Waals surface area contributed by atoms with E-state index in [0.717, 1.165) is 11.4 Å². The maximum atomic E-state index is 12.5. The predicted molar refractivity (Wildman–Crippen MR) is 81.8 cm³/mol. The Labute approximate surface area is 126 Å². The van der Waals surface area contributed by atoms with Gasteiger partial charge in [0.2, 0.25) is 10.0 Å². The Kier molecular flexibility index (Phi) is 4.73. The summed E-state index contributed by atoms with van der Waals surface area (Å²) in [6, 6.07) is 1.85. The first kappa shape index (κ1) is 16.0. The van der Waals surface area contributed by atoms with E-state index >= 15 is 0 Å². The molecule has 6 nitrogen and oxygen atoms in total. The van der Waals surface area contributed by atoms with Gasteiger partial charge < -0.3 is 9.88 Å². The number of piperazine rings is 1. The quantitative estimate of drug-likeness (QED) is 0.905. The molecule has 0 aromatic carbocycles. The lowest BCUT2D eigenvalue weighted by atomic mass is 10.2. The van der Waals surface area contributed by atoms with Gasteiger partial charge in [0.15, 0.2) is 0 Å². The van der Waals surface area contributed by atoms with E-state index in [1.165, 1.54) is 4.31 Å². The van der Waals surface area contributed by atoms with Gasteiger partial charge in [-0.1, -0.05) is 6.92 Å². The van der Waals surface area contributed by atoms with Crippen molar-refractivity contribution in [3.63, 3.8) is 0 Å². The van der Waals surface area contributed by atoms with Crippen LogP contribution in [-0.4, -0.2) is 60.4 Å². The van der Waals surface area contributed by atoms with Crippen LogP contribution in [0.3, 0.4) is 0 Å². The first-order valence-corrected chi connectivity index (χ1v) is 8.89. The van der Waals surface area contributed by atoms with Crippen LogP contribution in [0, 0.1) is 13.8 Å². The number of carbonyl (C=O) groups excluding carboxylic acids is 1. The van der Waals surface area contributed by atoms with Gasteiger partial charge in [-0.05, 0) is 26.3 Å². The Morgan fingerprint density at radius 3 is 2.33 bits per heavy atom. The Bertz CT molecular complexity index is 613. The van der Waals surface area contributed by atoms with Crippen LogP contribution in [0.25, 0.3) is 0 Å². The number of nitrogens with zero attached hydrogens (tertiary/aromatic N) is 2. The number of aryl methyl sites for hydroxylation is 2. The Morgan fingerprint density at radius 2 is 1.86 bits per heavy atom. The summed E-state index contributed by atoms with van der Waals surface area (Å²) in [6.45, 7) is 7.32. The fourth-order valence-corrected chi connectivity index (χ4v) is 4.17. The molecule has 1 aromatic heterocycles. The second kappa shape index (κ2) is 6.19. The molecule has 0 spiro atoms. The van der Waals surface area contributed by atoms with Crippen molar-refractivity contribution in [2.45, 2.75) is 27.2 Å². The summed E-state index contributed by atoms with van der Waals surface area (Å²) < 4.78 is 25.5. The van der Waals surface area contributed by atoms with Gasteiger partial charge in [0, 0.05) is 37.6 Å². The summed E-state index contributed by atoms with van der Waals surface area (Å²) in [7, 11) is -3.16. The number of hydrogen-bond donors (Lipinski definition) is 1. The summed E-state index contributed by atoms with van der Waals surface area (Å²) in [5.74, 6) is 0.154. The fraction of sp³-hybridized carbons (Fsp3) is 0.643. The summed E-state index contributed by atoms with van der Waals surface area (Å²) in [5.41, 5.74) is 2.50. The number of sulfonamides is 1. The Balaban J connectivity index is 2.01. The smallest absolute Gasteiger partial charge is 0.255 e. The van der Waals surface area contributed by atoms with Gasteiger partial charge in [0.25, 0.3) is 5.91 Å². The van der Waals surface area contributed by atoms with Crippen molar-refractivity contribution < 1.29 is 13.2 Å². The van der Waals surface area contributed by atoms with Crippen molar-refractivity contribution in [1.29, 1.82) is 0 Å². The molecule has 0 atom stereocenters. The number of carbonyl (C=O) groups is 1. The Hall–Kier alpha value is -1.34. The highest BCUT2D eigenvalue weighted by Crippen LogP contribution is 2.15. The molecule has 1 amide bonds. The normalized spacial score (nSPS) is 17.2. The number of aromatic amines is 1. The van der Waals surface area contributed by atoms with Crippen molar-refractivity contribution in [2.75, 3.05) is 31.9 Å². The molecule has 0 bridgehead atoms. The molecule has 2 rings (SSSR count). The van der Waals surface area contributed by atoms with E-state index < -0.39 is 10.0 Å². The number of nitrogens with one attached hydrogen (secondary N) is 1. The van der Waals surface area contributed by atoms with Crippen LogP contribution in [0.1, 0.15) is 35.1 Å². The minimum Gasteiger partial charge on any atom is -0.362 e. The second-order valence-corrected chi connectivity index (χ2v) is 7.59. The average molecular weight is 313 g/mol. The first-order valence-electron chi connectivity index (χ1n) is 7.28. The molecule has 118 valence electrons. The van der Waals surface area contributed by atoms with Crippen LogP contribution in [0.2, 0.25) is 0 Å². The van der Waals surface area contributed by atoms with Gasteiger partial charge in [-0.15, -0.1) is 0 Å². The standard InChI is InChI=1S/C14H23N3O3S/c1-4-9-21(19,20)17-7-5-16(6-8-17)14(18)13-10-11(2)15-12(13)3/h10,15H,4-9H2,1-3H3. The molecular weight excluding hydrogens is 290 g/mol. The van der Waals surface area contributed by atoms with E-state index in [9.17, 15) is 13.2 Å². The van der Waals surface area contributed by atoms with Crippen LogP contribution in [0.4, 0.5) is 0 Å². The molecule has 21 heavy (non-hydrogen) atoms. The highest BCUT2D eigenvalue weighted by molar-refractivity contribution is 7.89. The third kappa shape index (κ3) is 3.47. The predicted octanol–water partition coefficient (Wildman–Crippen LogP) is 1.13. The van der Waals surface area contributed by atoms with Crippen LogP contribution in [-0.2, 0) is 10.0 Å². The minimum absolute atomic E-state index is 0.0237. The van der Waals surface area contributed by atoms with E-state index in [1.54, 1.807) is 4.90 Å². The van der Waals surface area contributed by atoms with Crippen molar-refractivity contribution in [3.05, 3.63) is 23.0 Å². The maximum Gasteiger partial charge on any atom is 0.255 e. The van der Waals surface area contributed by atoms with Gasteiger partial charge in [0.1, 0.15) is 0 Å². The molecule has 1 N–H and O–H groups in total. The summed E-state index contributed by atoms with van der Waals surface area (Å²) in [5, 5.41) is 0. The monoisotopic (exact) mass is 313 g/mol. The number of aromatic nitrogens is 1. The lowest BCUT2D eigenvalue weighted by Gasteiger charge is -2.34. The molecule has 2 heterocycles.